The van der Waals surface area contributed by atoms with Crippen molar-refractivity contribution in [3.05, 3.63) is 88.7 Å². The average molecular weight is 471 g/mol. The molecule has 0 spiro atoms. The third-order valence-electron chi connectivity index (χ3n) is 5.83. The number of carbonyl (C=O) groups excluding carboxylic acids is 1. The van der Waals surface area contributed by atoms with Crippen LogP contribution in [0.5, 0.6) is 5.75 Å². The first-order valence-electron chi connectivity index (χ1n) is 11.5. The van der Waals surface area contributed by atoms with Crippen LogP contribution in [0.2, 0.25) is 0 Å². The Kier molecular flexibility index (Phi) is 6.45. The number of aromatic nitrogens is 2. The standard InChI is InChI=1S/C27H26N4O4/c1-19-16-23(35-18-25(33)30-12-14-34-15-13-30)26-22(32)17-24(29-20-8-4-2-5-9-20)31(27(26)28-19)21-10-6-3-7-11-21/h2-11,16-17,29H,12-15,18H2,1H3. The predicted octanol–water partition coefficient (Wildman–Crippen LogP) is 3.68. The Morgan fingerprint density at radius 1 is 1.03 bits per heavy atom. The zero-order valence-corrected chi connectivity index (χ0v) is 19.4. The highest BCUT2D eigenvalue weighted by Gasteiger charge is 2.20. The number of anilines is 2. The summed E-state index contributed by atoms with van der Waals surface area (Å²) in [5.41, 5.74) is 2.57. The molecule has 5 rings (SSSR count). The van der Waals surface area contributed by atoms with E-state index in [9.17, 15) is 9.59 Å². The van der Waals surface area contributed by atoms with E-state index in [4.69, 9.17) is 14.5 Å². The van der Waals surface area contributed by atoms with E-state index in [2.05, 4.69) is 5.32 Å². The maximum atomic E-state index is 13.4. The molecule has 1 aliphatic rings. The number of ether oxygens (including phenoxy) is 2. The van der Waals surface area contributed by atoms with Crippen LogP contribution in [0.25, 0.3) is 16.7 Å². The molecule has 1 amide bonds. The van der Waals surface area contributed by atoms with Crippen molar-refractivity contribution in [1.29, 1.82) is 0 Å². The third-order valence-corrected chi connectivity index (χ3v) is 5.83. The minimum atomic E-state index is -0.244. The molecule has 0 bridgehead atoms. The van der Waals surface area contributed by atoms with Crippen molar-refractivity contribution in [2.24, 2.45) is 0 Å². The molecule has 0 atom stereocenters. The first kappa shape index (κ1) is 22.6. The summed E-state index contributed by atoms with van der Waals surface area (Å²) in [5, 5.41) is 3.67. The van der Waals surface area contributed by atoms with E-state index in [0.717, 1.165) is 11.4 Å². The average Bonchev–Trinajstić information content (AvgIpc) is 2.88. The molecule has 1 N–H and O–H groups in total. The number of morpholine rings is 1. The molecule has 3 heterocycles. The van der Waals surface area contributed by atoms with E-state index in [1.165, 1.54) is 6.07 Å². The molecule has 4 aromatic rings. The normalized spacial score (nSPS) is 13.6. The Morgan fingerprint density at radius 3 is 2.43 bits per heavy atom. The van der Waals surface area contributed by atoms with E-state index < -0.39 is 0 Å². The smallest absolute Gasteiger partial charge is 0.260 e. The number of benzene rings is 2. The molecule has 0 saturated carbocycles. The van der Waals surface area contributed by atoms with Crippen molar-refractivity contribution in [2.75, 3.05) is 38.2 Å². The Labute approximate surface area is 202 Å². The quantitative estimate of drug-likeness (QED) is 0.463. The summed E-state index contributed by atoms with van der Waals surface area (Å²) in [6.45, 7) is 3.78. The molecule has 1 saturated heterocycles. The second-order valence-corrected chi connectivity index (χ2v) is 8.30. The number of nitrogens with one attached hydrogen (secondary N) is 1. The van der Waals surface area contributed by atoms with Gasteiger partial charge in [0.25, 0.3) is 5.91 Å². The van der Waals surface area contributed by atoms with Gasteiger partial charge in [0.2, 0.25) is 0 Å². The lowest BCUT2D eigenvalue weighted by Crippen LogP contribution is -2.43. The monoisotopic (exact) mass is 470 g/mol. The Hall–Kier alpha value is -4.17. The van der Waals surface area contributed by atoms with Crippen molar-refractivity contribution in [3.63, 3.8) is 0 Å². The van der Waals surface area contributed by atoms with Crippen LogP contribution in [0.15, 0.2) is 77.6 Å². The molecule has 0 aliphatic carbocycles. The lowest BCUT2D eigenvalue weighted by Gasteiger charge is -2.26. The van der Waals surface area contributed by atoms with Gasteiger partial charge in [0.15, 0.2) is 17.7 Å². The summed E-state index contributed by atoms with van der Waals surface area (Å²) in [7, 11) is 0. The van der Waals surface area contributed by atoms with Gasteiger partial charge in [-0.15, -0.1) is 0 Å². The molecule has 8 nitrogen and oxygen atoms in total. The van der Waals surface area contributed by atoms with E-state index in [1.807, 2.05) is 72.2 Å². The minimum Gasteiger partial charge on any atom is -0.483 e. The first-order chi connectivity index (χ1) is 17.1. The largest absolute Gasteiger partial charge is 0.483 e. The number of rotatable bonds is 6. The fraction of sp³-hybridized carbons (Fsp3) is 0.222. The van der Waals surface area contributed by atoms with Gasteiger partial charge >= 0.3 is 0 Å². The van der Waals surface area contributed by atoms with Gasteiger partial charge < -0.3 is 19.7 Å². The molecule has 1 fully saturated rings. The number of para-hydroxylation sites is 2. The van der Waals surface area contributed by atoms with E-state index >= 15 is 0 Å². The molecule has 35 heavy (non-hydrogen) atoms. The number of aryl methyl sites for hydroxylation is 1. The highest BCUT2D eigenvalue weighted by atomic mass is 16.5. The van der Waals surface area contributed by atoms with E-state index in [-0.39, 0.29) is 17.9 Å². The second kappa shape index (κ2) is 9.99. The minimum absolute atomic E-state index is 0.137. The fourth-order valence-electron chi connectivity index (χ4n) is 4.15. The lowest BCUT2D eigenvalue weighted by molar-refractivity contribution is -0.137. The first-order valence-corrected chi connectivity index (χ1v) is 11.5. The van der Waals surface area contributed by atoms with Crippen LogP contribution in [0, 0.1) is 6.92 Å². The summed E-state index contributed by atoms with van der Waals surface area (Å²) in [6.07, 6.45) is 0. The molecule has 1 aliphatic heterocycles. The SMILES string of the molecule is Cc1cc(OCC(=O)N2CCOCC2)c2c(=O)cc(Nc3ccccc3)n(-c3ccccc3)c2n1. The van der Waals surface area contributed by atoms with Gasteiger partial charge in [-0.25, -0.2) is 4.98 Å². The number of hydrogen-bond donors (Lipinski definition) is 1. The highest BCUT2D eigenvalue weighted by Crippen LogP contribution is 2.29. The van der Waals surface area contributed by atoms with Crippen molar-refractivity contribution in [3.8, 4) is 11.4 Å². The summed E-state index contributed by atoms with van der Waals surface area (Å²) in [6, 6.07) is 22.6. The van der Waals surface area contributed by atoms with Crippen LogP contribution in [0.3, 0.4) is 0 Å². The highest BCUT2D eigenvalue weighted by molar-refractivity contribution is 5.87. The molecule has 0 radical (unpaired) electrons. The fourth-order valence-corrected chi connectivity index (χ4v) is 4.15. The third kappa shape index (κ3) is 4.88. The number of nitrogens with zero attached hydrogens (tertiary/aromatic N) is 3. The lowest BCUT2D eigenvalue weighted by atomic mass is 10.2. The number of amides is 1. The number of carbonyl (C=O) groups is 1. The van der Waals surface area contributed by atoms with Gasteiger partial charge in [0.1, 0.15) is 17.0 Å². The van der Waals surface area contributed by atoms with Crippen LogP contribution in [0.4, 0.5) is 11.5 Å². The Morgan fingerprint density at radius 2 is 1.71 bits per heavy atom. The Bertz CT molecular complexity index is 1400. The molecule has 0 unspecified atom stereocenters. The topological polar surface area (TPSA) is 85.7 Å². The van der Waals surface area contributed by atoms with Crippen molar-refractivity contribution < 1.29 is 14.3 Å². The second-order valence-electron chi connectivity index (χ2n) is 8.30. The van der Waals surface area contributed by atoms with Gasteiger partial charge in [0.05, 0.1) is 13.2 Å². The zero-order chi connectivity index (χ0) is 24.2. The molecule has 178 valence electrons. The van der Waals surface area contributed by atoms with Gasteiger partial charge in [-0.3, -0.25) is 14.2 Å². The van der Waals surface area contributed by atoms with Crippen molar-refractivity contribution in [1.82, 2.24) is 14.5 Å². The summed E-state index contributed by atoms with van der Waals surface area (Å²) >= 11 is 0. The van der Waals surface area contributed by atoms with Crippen LogP contribution >= 0.6 is 0 Å². The summed E-state index contributed by atoms with van der Waals surface area (Å²) in [5.74, 6) is 0.782. The zero-order valence-electron chi connectivity index (χ0n) is 19.4. The molecule has 8 heteroatoms. The van der Waals surface area contributed by atoms with E-state index in [0.29, 0.717) is 54.6 Å². The van der Waals surface area contributed by atoms with Gasteiger partial charge in [-0.1, -0.05) is 36.4 Å². The molecular formula is C27H26N4O4. The van der Waals surface area contributed by atoms with Crippen LogP contribution in [-0.4, -0.2) is 53.3 Å². The molecule has 2 aromatic heterocycles. The van der Waals surface area contributed by atoms with Crippen molar-refractivity contribution >= 4 is 28.4 Å². The van der Waals surface area contributed by atoms with Crippen LogP contribution in [0.1, 0.15) is 5.69 Å². The van der Waals surface area contributed by atoms with Gasteiger partial charge in [-0.2, -0.15) is 0 Å². The van der Waals surface area contributed by atoms with E-state index in [1.54, 1.807) is 11.0 Å². The maximum Gasteiger partial charge on any atom is 0.260 e. The van der Waals surface area contributed by atoms with Gasteiger partial charge in [-0.05, 0) is 31.2 Å². The van der Waals surface area contributed by atoms with Gasteiger partial charge in [0, 0.05) is 42.3 Å². The van der Waals surface area contributed by atoms with Crippen LogP contribution in [-0.2, 0) is 9.53 Å². The predicted molar refractivity (Wildman–Crippen MR) is 135 cm³/mol. The number of fused-ring (bicyclic) bond motifs is 1. The molecule has 2 aromatic carbocycles. The van der Waals surface area contributed by atoms with Crippen LogP contribution < -0.4 is 15.5 Å². The maximum absolute atomic E-state index is 13.4. The number of pyridine rings is 2. The molecular weight excluding hydrogens is 444 g/mol. The summed E-state index contributed by atoms with van der Waals surface area (Å²) < 4.78 is 13.2. The Balaban J connectivity index is 1.60. The van der Waals surface area contributed by atoms with Crippen molar-refractivity contribution in [2.45, 2.75) is 6.92 Å². The summed E-state index contributed by atoms with van der Waals surface area (Å²) in [4.78, 5) is 32.5. The number of hydrogen-bond acceptors (Lipinski definition) is 6.